The van der Waals surface area contributed by atoms with E-state index in [1.165, 1.54) is 0 Å². The molecule has 4 rings (SSSR count). The van der Waals surface area contributed by atoms with Gasteiger partial charge >= 0.3 is 0 Å². The third-order valence-electron chi connectivity index (χ3n) is 5.65. The van der Waals surface area contributed by atoms with Gasteiger partial charge in [0, 0.05) is 23.2 Å². The maximum atomic E-state index is 12.5. The van der Waals surface area contributed by atoms with Gasteiger partial charge in [0.15, 0.2) is 11.5 Å². The molecule has 1 atom stereocenters. The van der Waals surface area contributed by atoms with Crippen molar-refractivity contribution >= 4 is 17.2 Å². The number of aromatic amines is 1. The van der Waals surface area contributed by atoms with Gasteiger partial charge in [-0.1, -0.05) is 44.9 Å². The molecule has 1 amide bonds. The van der Waals surface area contributed by atoms with Gasteiger partial charge in [-0.2, -0.15) is 4.63 Å². The molecule has 0 fully saturated rings. The number of para-hydroxylation sites is 1. The summed E-state index contributed by atoms with van der Waals surface area (Å²) in [5.74, 6) is 2.12. The number of amides is 1. The minimum atomic E-state index is 0.0544. The number of nitrogens with zero attached hydrogens (tertiary/aromatic N) is 3. The molecule has 2 N–H and O–H groups in total. The molecule has 0 spiro atoms. The van der Waals surface area contributed by atoms with Gasteiger partial charge < -0.3 is 14.8 Å². The van der Waals surface area contributed by atoms with Gasteiger partial charge in [0.05, 0.1) is 0 Å². The van der Waals surface area contributed by atoms with Crippen LogP contribution in [0.5, 0.6) is 11.6 Å². The van der Waals surface area contributed by atoms with E-state index in [2.05, 4.69) is 34.3 Å². The molecule has 0 saturated heterocycles. The van der Waals surface area contributed by atoms with Crippen LogP contribution in [0.1, 0.15) is 39.5 Å². The third kappa shape index (κ3) is 5.95. The Hall–Kier alpha value is -3.81. The SMILES string of the molecule is CCCCC(CC)C(=O)Nc1ccc(-c2nc3cc(OCCOc4ccccc4)nn3[nH]2)cc1. The second-order valence-corrected chi connectivity index (χ2v) is 8.15. The highest BCUT2D eigenvalue weighted by Crippen LogP contribution is 2.22. The lowest BCUT2D eigenvalue weighted by Gasteiger charge is -2.14. The molecule has 0 aliphatic rings. The Morgan fingerprint density at radius 3 is 2.53 bits per heavy atom. The number of rotatable bonds is 12. The van der Waals surface area contributed by atoms with E-state index in [1.807, 2.05) is 54.6 Å². The summed E-state index contributed by atoms with van der Waals surface area (Å²) in [4.78, 5) is 17.1. The van der Waals surface area contributed by atoms with Crippen LogP contribution >= 0.6 is 0 Å². The number of aromatic nitrogens is 4. The Balaban J connectivity index is 1.31. The smallest absolute Gasteiger partial charge is 0.237 e. The van der Waals surface area contributed by atoms with Crippen molar-refractivity contribution in [2.24, 2.45) is 5.92 Å². The van der Waals surface area contributed by atoms with Crippen molar-refractivity contribution in [2.75, 3.05) is 18.5 Å². The fraction of sp³-hybridized carbons (Fsp3) is 0.346. The second kappa shape index (κ2) is 11.4. The number of fused-ring (bicyclic) bond motifs is 1. The number of hydrogen-bond donors (Lipinski definition) is 2. The van der Waals surface area contributed by atoms with Gasteiger partial charge in [0.2, 0.25) is 11.8 Å². The zero-order valence-corrected chi connectivity index (χ0v) is 19.7. The highest BCUT2D eigenvalue weighted by atomic mass is 16.5. The quantitative estimate of drug-likeness (QED) is 0.278. The van der Waals surface area contributed by atoms with E-state index in [0.717, 1.165) is 42.7 Å². The van der Waals surface area contributed by atoms with E-state index in [-0.39, 0.29) is 11.8 Å². The van der Waals surface area contributed by atoms with Crippen LogP contribution in [0.3, 0.4) is 0 Å². The number of unbranched alkanes of at least 4 members (excludes halogenated alkanes) is 1. The minimum Gasteiger partial charge on any atom is -0.490 e. The van der Waals surface area contributed by atoms with Crippen LogP contribution in [0.4, 0.5) is 5.69 Å². The molecular formula is C26H31N5O3. The topological polar surface area (TPSA) is 93.5 Å². The molecule has 34 heavy (non-hydrogen) atoms. The van der Waals surface area contributed by atoms with Crippen LogP contribution in [0.15, 0.2) is 60.7 Å². The van der Waals surface area contributed by atoms with E-state index < -0.39 is 0 Å². The number of hydrogen-bond acceptors (Lipinski definition) is 5. The average molecular weight is 462 g/mol. The summed E-state index contributed by atoms with van der Waals surface area (Å²) in [7, 11) is 0. The number of H-pyrrole nitrogens is 1. The van der Waals surface area contributed by atoms with Gasteiger partial charge in [-0.25, -0.2) is 4.98 Å². The van der Waals surface area contributed by atoms with Crippen LogP contribution in [0.2, 0.25) is 0 Å². The Morgan fingerprint density at radius 2 is 1.82 bits per heavy atom. The molecule has 0 aliphatic carbocycles. The molecule has 8 heteroatoms. The van der Waals surface area contributed by atoms with Crippen LogP contribution in [0, 0.1) is 5.92 Å². The van der Waals surface area contributed by atoms with Crippen molar-refractivity contribution in [3.8, 4) is 23.0 Å². The van der Waals surface area contributed by atoms with E-state index in [4.69, 9.17) is 9.47 Å². The summed E-state index contributed by atoms with van der Waals surface area (Å²) in [5, 5.41) is 10.6. The molecule has 2 heterocycles. The maximum absolute atomic E-state index is 12.5. The zero-order chi connectivity index (χ0) is 23.8. The van der Waals surface area contributed by atoms with Crippen molar-refractivity contribution in [3.63, 3.8) is 0 Å². The van der Waals surface area contributed by atoms with E-state index in [0.29, 0.717) is 30.6 Å². The lowest BCUT2D eigenvalue weighted by atomic mass is 9.98. The van der Waals surface area contributed by atoms with Gasteiger partial charge in [0.1, 0.15) is 19.0 Å². The van der Waals surface area contributed by atoms with Crippen molar-refractivity contribution in [3.05, 3.63) is 60.7 Å². The van der Waals surface area contributed by atoms with E-state index in [9.17, 15) is 4.79 Å². The number of carbonyl (C=O) groups is 1. The predicted molar refractivity (Wildman–Crippen MR) is 132 cm³/mol. The summed E-state index contributed by atoms with van der Waals surface area (Å²) in [6.07, 6.45) is 3.94. The molecule has 4 aromatic rings. The molecule has 0 saturated carbocycles. The standard InChI is InChI=1S/C26H31N5O3/c1-3-5-9-19(4-2)26(32)27-21-14-12-20(13-15-21)25-28-23-18-24(29-31(23)30-25)34-17-16-33-22-10-7-6-8-11-22/h6-8,10-15,18-19H,3-5,9,16-17H2,1-2H3,(H,27,32)(H,28,30). The van der Waals surface area contributed by atoms with E-state index in [1.54, 1.807) is 10.7 Å². The van der Waals surface area contributed by atoms with Crippen LogP contribution in [0.25, 0.3) is 17.0 Å². The molecule has 178 valence electrons. The summed E-state index contributed by atoms with van der Waals surface area (Å²) < 4.78 is 12.9. The molecule has 0 bridgehead atoms. The van der Waals surface area contributed by atoms with Gasteiger partial charge in [-0.05, 0) is 49.2 Å². The summed E-state index contributed by atoms with van der Waals surface area (Å²) in [6, 6.07) is 19.0. The molecule has 0 radical (unpaired) electrons. The van der Waals surface area contributed by atoms with Gasteiger partial charge in [-0.15, -0.1) is 5.10 Å². The first-order valence-electron chi connectivity index (χ1n) is 11.8. The average Bonchev–Trinajstić information content (AvgIpc) is 3.42. The molecule has 0 aliphatic heterocycles. The maximum Gasteiger partial charge on any atom is 0.237 e. The van der Waals surface area contributed by atoms with Crippen molar-refractivity contribution < 1.29 is 14.3 Å². The van der Waals surface area contributed by atoms with Crippen molar-refractivity contribution in [1.82, 2.24) is 19.8 Å². The molecule has 2 aromatic heterocycles. The Bertz CT molecular complexity index is 1150. The van der Waals surface area contributed by atoms with Crippen LogP contribution < -0.4 is 14.8 Å². The number of nitrogens with one attached hydrogen (secondary N) is 2. The minimum absolute atomic E-state index is 0.0544. The third-order valence-corrected chi connectivity index (χ3v) is 5.65. The lowest BCUT2D eigenvalue weighted by Crippen LogP contribution is -2.22. The molecule has 1 unspecified atom stereocenters. The highest BCUT2D eigenvalue weighted by molar-refractivity contribution is 5.92. The molecule has 2 aromatic carbocycles. The monoisotopic (exact) mass is 461 g/mol. The fourth-order valence-electron chi connectivity index (χ4n) is 3.70. The van der Waals surface area contributed by atoms with Crippen molar-refractivity contribution in [2.45, 2.75) is 39.5 Å². The second-order valence-electron chi connectivity index (χ2n) is 8.15. The Labute approximate surface area is 199 Å². The number of benzene rings is 2. The Kier molecular flexibility index (Phi) is 7.80. The van der Waals surface area contributed by atoms with Gasteiger partial charge in [0.25, 0.3) is 0 Å². The Morgan fingerprint density at radius 1 is 1.06 bits per heavy atom. The number of anilines is 1. The van der Waals surface area contributed by atoms with Crippen LogP contribution in [-0.4, -0.2) is 38.9 Å². The highest BCUT2D eigenvalue weighted by Gasteiger charge is 2.16. The predicted octanol–water partition coefficient (Wildman–Crippen LogP) is 5.34. The molecular weight excluding hydrogens is 430 g/mol. The fourth-order valence-corrected chi connectivity index (χ4v) is 3.70. The zero-order valence-electron chi connectivity index (χ0n) is 19.7. The van der Waals surface area contributed by atoms with Crippen LogP contribution in [-0.2, 0) is 4.79 Å². The normalized spacial score (nSPS) is 11.9. The summed E-state index contributed by atoms with van der Waals surface area (Å²) in [6.45, 7) is 5.01. The summed E-state index contributed by atoms with van der Waals surface area (Å²) >= 11 is 0. The number of ether oxygens (including phenoxy) is 2. The first-order chi connectivity index (χ1) is 16.7. The first-order valence-corrected chi connectivity index (χ1v) is 11.8. The molecule has 8 nitrogen and oxygen atoms in total. The largest absolute Gasteiger partial charge is 0.490 e. The van der Waals surface area contributed by atoms with Crippen molar-refractivity contribution in [1.29, 1.82) is 0 Å². The summed E-state index contributed by atoms with van der Waals surface area (Å²) in [5.41, 5.74) is 2.35. The van der Waals surface area contributed by atoms with E-state index >= 15 is 0 Å². The first kappa shape index (κ1) is 23.4. The lowest BCUT2D eigenvalue weighted by molar-refractivity contribution is -0.120. The van der Waals surface area contributed by atoms with Gasteiger partial charge in [-0.3, -0.25) is 9.89 Å². The number of carbonyl (C=O) groups excluding carboxylic acids is 1.